The minimum atomic E-state index is 0.503. The molecule has 2 rings (SSSR count). The zero-order valence-electron chi connectivity index (χ0n) is 9.61. The van der Waals surface area contributed by atoms with Gasteiger partial charge in [0.05, 0.1) is 7.11 Å². The molecule has 4 heteroatoms. The molecule has 18 heavy (non-hydrogen) atoms. The van der Waals surface area contributed by atoms with E-state index >= 15 is 0 Å². The van der Waals surface area contributed by atoms with E-state index in [0.29, 0.717) is 21.4 Å². The quantitative estimate of drug-likeness (QED) is 0.775. The Bertz CT molecular complexity index is 594. The van der Waals surface area contributed by atoms with E-state index in [1.807, 2.05) is 0 Å². The van der Waals surface area contributed by atoms with E-state index in [1.165, 1.54) is 0 Å². The summed E-state index contributed by atoms with van der Waals surface area (Å²) in [5.74, 6) is 0.657. The van der Waals surface area contributed by atoms with Crippen LogP contribution in [0.25, 0.3) is 11.1 Å². The van der Waals surface area contributed by atoms with Crippen molar-refractivity contribution in [3.05, 3.63) is 52.0 Å². The molecular formula is C14H10Cl2O2. The van der Waals surface area contributed by atoms with Crippen molar-refractivity contribution in [3.8, 4) is 16.9 Å². The SMILES string of the molecule is COc1ccc(Cl)cc1-c1ccc(Cl)cc1C=O. The van der Waals surface area contributed by atoms with Gasteiger partial charge in [-0.25, -0.2) is 0 Å². The normalized spacial score (nSPS) is 10.2. The predicted octanol–water partition coefficient (Wildman–Crippen LogP) is 4.48. The second kappa shape index (κ2) is 5.42. The number of carbonyl (C=O) groups is 1. The molecule has 2 nitrogen and oxygen atoms in total. The molecule has 0 aromatic heterocycles. The molecule has 0 spiro atoms. The van der Waals surface area contributed by atoms with Crippen molar-refractivity contribution in [1.29, 1.82) is 0 Å². The number of hydrogen-bond donors (Lipinski definition) is 0. The summed E-state index contributed by atoms with van der Waals surface area (Å²) in [7, 11) is 1.57. The van der Waals surface area contributed by atoms with E-state index in [9.17, 15) is 4.79 Å². The van der Waals surface area contributed by atoms with E-state index in [-0.39, 0.29) is 0 Å². The zero-order chi connectivity index (χ0) is 13.1. The first-order valence-corrected chi connectivity index (χ1v) is 6.00. The van der Waals surface area contributed by atoms with Gasteiger partial charge in [0.15, 0.2) is 6.29 Å². The average Bonchev–Trinajstić information content (AvgIpc) is 2.38. The van der Waals surface area contributed by atoms with Crippen molar-refractivity contribution in [2.75, 3.05) is 7.11 Å². The molecule has 0 amide bonds. The summed E-state index contributed by atoms with van der Waals surface area (Å²) in [5.41, 5.74) is 2.01. The van der Waals surface area contributed by atoms with Gasteiger partial charge in [0, 0.05) is 21.2 Å². The fraction of sp³-hybridized carbons (Fsp3) is 0.0714. The summed E-state index contributed by atoms with van der Waals surface area (Å²) < 4.78 is 5.28. The summed E-state index contributed by atoms with van der Waals surface area (Å²) >= 11 is 11.9. The molecule has 0 unspecified atom stereocenters. The van der Waals surface area contributed by atoms with Gasteiger partial charge in [-0.3, -0.25) is 4.79 Å². The number of hydrogen-bond acceptors (Lipinski definition) is 2. The lowest BCUT2D eigenvalue weighted by atomic mass is 9.99. The molecule has 0 aliphatic heterocycles. The maximum atomic E-state index is 11.1. The van der Waals surface area contributed by atoms with E-state index in [2.05, 4.69) is 0 Å². The molecule has 0 N–H and O–H groups in total. The van der Waals surface area contributed by atoms with Crippen molar-refractivity contribution in [3.63, 3.8) is 0 Å². The number of benzene rings is 2. The fourth-order valence-electron chi connectivity index (χ4n) is 1.77. The number of ether oxygens (including phenoxy) is 1. The lowest BCUT2D eigenvalue weighted by Crippen LogP contribution is -1.92. The predicted molar refractivity (Wildman–Crippen MR) is 73.8 cm³/mol. The van der Waals surface area contributed by atoms with Crippen molar-refractivity contribution >= 4 is 29.5 Å². The van der Waals surface area contributed by atoms with E-state index in [4.69, 9.17) is 27.9 Å². The molecule has 0 bridgehead atoms. The highest BCUT2D eigenvalue weighted by atomic mass is 35.5. The lowest BCUT2D eigenvalue weighted by Gasteiger charge is -2.11. The molecule has 0 aliphatic rings. The van der Waals surface area contributed by atoms with Crippen molar-refractivity contribution < 1.29 is 9.53 Å². The summed E-state index contributed by atoms with van der Waals surface area (Å²) in [6.45, 7) is 0. The Kier molecular flexibility index (Phi) is 3.90. The molecule has 0 aliphatic carbocycles. The van der Waals surface area contributed by atoms with Crippen LogP contribution in [0.1, 0.15) is 10.4 Å². The van der Waals surface area contributed by atoms with Crippen LogP contribution in [0.3, 0.4) is 0 Å². The first-order chi connectivity index (χ1) is 8.65. The average molecular weight is 281 g/mol. The van der Waals surface area contributed by atoms with Crippen LogP contribution in [0.2, 0.25) is 10.0 Å². The first-order valence-electron chi connectivity index (χ1n) is 5.24. The Labute approximate surface area is 115 Å². The van der Waals surface area contributed by atoms with Crippen LogP contribution in [-0.4, -0.2) is 13.4 Å². The van der Waals surface area contributed by atoms with Gasteiger partial charge < -0.3 is 4.74 Å². The van der Waals surface area contributed by atoms with Crippen LogP contribution in [0.15, 0.2) is 36.4 Å². The maximum absolute atomic E-state index is 11.1. The number of aldehydes is 1. The summed E-state index contributed by atoms with van der Waals surface area (Å²) in [5, 5.41) is 1.10. The van der Waals surface area contributed by atoms with Gasteiger partial charge in [0.1, 0.15) is 5.75 Å². The molecule has 92 valence electrons. The standard InChI is InChI=1S/C14H10Cl2O2/c1-18-14-5-3-11(16)7-13(14)12-4-2-10(15)6-9(12)8-17/h2-8H,1H3. The summed E-state index contributed by atoms with van der Waals surface area (Å²) in [6.07, 6.45) is 0.765. The van der Waals surface area contributed by atoms with Crippen LogP contribution in [-0.2, 0) is 0 Å². The van der Waals surface area contributed by atoms with Crippen molar-refractivity contribution in [2.24, 2.45) is 0 Å². The van der Waals surface area contributed by atoms with Crippen molar-refractivity contribution in [2.45, 2.75) is 0 Å². The monoisotopic (exact) mass is 280 g/mol. The Morgan fingerprint density at radius 2 is 1.67 bits per heavy atom. The third-order valence-electron chi connectivity index (χ3n) is 2.59. The van der Waals surface area contributed by atoms with Gasteiger partial charge in [-0.05, 0) is 35.9 Å². The maximum Gasteiger partial charge on any atom is 0.150 e. The Balaban J connectivity index is 2.67. The third-order valence-corrected chi connectivity index (χ3v) is 3.06. The topological polar surface area (TPSA) is 26.3 Å². The highest BCUT2D eigenvalue weighted by molar-refractivity contribution is 6.31. The molecule has 0 atom stereocenters. The van der Waals surface area contributed by atoms with Gasteiger partial charge in [-0.1, -0.05) is 29.3 Å². The number of rotatable bonds is 3. The molecule has 0 saturated heterocycles. The smallest absolute Gasteiger partial charge is 0.150 e. The second-order valence-electron chi connectivity index (χ2n) is 3.69. The van der Waals surface area contributed by atoms with Gasteiger partial charge >= 0.3 is 0 Å². The number of carbonyl (C=O) groups excluding carboxylic acids is 1. The first kappa shape index (κ1) is 12.9. The van der Waals surface area contributed by atoms with Crippen LogP contribution in [0, 0.1) is 0 Å². The highest BCUT2D eigenvalue weighted by Gasteiger charge is 2.11. The van der Waals surface area contributed by atoms with Crippen LogP contribution in [0.4, 0.5) is 0 Å². The molecule has 2 aromatic carbocycles. The minimum absolute atomic E-state index is 0.503. The molecule has 0 heterocycles. The number of methoxy groups -OCH3 is 1. The minimum Gasteiger partial charge on any atom is -0.496 e. The lowest BCUT2D eigenvalue weighted by molar-refractivity contribution is 0.112. The zero-order valence-corrected chi connectivity index (χ0v) is 11.1. The Morgan fingerprint density at radius 3 is 2.33 bits per heavy atom. The van der Waals surface area contributed by atoms with Crippen LogP contribution >= 0.6 is 23.2 Å². The van der Waals surface area contributed by atoms with E-state index in [0.717, 1.165) is 17.4 Å². The third kappa shape index (κ3) is 2.50. The molecular weight excluding hydrogens is 271 g/mol. The van der Waals surface area contributed by atoms with E-state index < -0.39 is 0 Å². The van der Waals surface area contributed by atoms with Gasteiger partial charge in [-0.2, -0.15) is 0 Å². The highest BCUT2D eigenvalue weighted by Crippen LogP contribution is 2.35. The van der Waals surface area contributed by atoms with Gasteiger partial charge in [0.25, 0.3) is 0 Å². The van der Waals surface area contributed by atoms with Crippen molar-refractivity contribution in [1.82, 2.24) is 0 Å². The van der Waals surface area contributed by atoms with Crippen LogP contribution < -0.4 is 4.74 Å². The van der Waals surface area contributed by atoms with Gasteiger partial charge in [-0.15, -0.1) is 0 Å². The number of halogens is 2. The Morgan fingerprint density at radius 1 is 1.00 bits per heavy atom. The second-order valence-corrected chi connectivity index (χ2v) is 4.57. The largest absolute Gasteiger partial charge is 0.496 e. The van der Waals surface area contributed by atoms with E-state index in [1.54, 1.807) is 43.5 Å². The summed E-state index contributed by atoms with van der Waals surface area (Å²) in [6, 6.07) is 10.4. The molecule has 0 saturated carbocycles. The Hall–Kier alpha value is -1.51. The molecule has 2 aromatic rings. The van der Waals surface area contributed by atoms with Crippen LogP contribution in [0.5, 0.6) is 5.75 Å². The fourth-order valence-corrected chi connectivity index (χ4v) is 2.12. The van der Waals surface area contributed by atoms with Gasteiger partial charge in [0.2, 0.25) is 0 Å². The summed E-state index contributed by atoms with van der Waals surface area (Å²) in [4.78, 5) is 11.1. The molecule has 0 fully saturated rings. The molecule has 0 radical (unpaired) electrons.